The van der Waals surface area contributed by atoms with E-state index in [1.165, 1.54) is 5.56 Å². The Bertz CT molecular complexity index is 757. The van der Waals surface area contributed by atoms with Crippen molar-refractivity contribution in [3.8, 4) is 0 Å². The highest BCUT2D eigenvalue weighted by Gasteiger charge is 2.34. The fourth-order valence-electron chi connectivity index (χ4n) is 4.07. The molecular formula is C20H27N5O. The molecule has 1 saturated heterocycles. The molecule has 2 aromatic rings. The lowest BCUT2D eigenvalue weighted by molar-refractivity contribution is -0.132. The number of rotatable bonds is 4. The van der Waals surface area contributed by atoms with E-state index in [1.807, 2.05) is 23.1 Å². The molecule has 138 valence electrons. The Hall–Kier alpha value is -2.21. The third-order valence-corrected chi connectivity index (χ3v) is 5.62. The van der Waals surface area contributed by atoms with Gasteiger partial charge >= 0.3 is 0 Å². The largest absolute Gasteiger partial charge is 0.332 e. The van der Waals surface area contributed by atoms with Crippen molar-refractivity contribution in [2.45, 2.75) is 44.7 Å². The summed E-state index contributed by atoms with van der Waals surface area (Å²) in [6.07, 6.45) is 4.32. The van der Waals surface area contributed by atoms with Crippen LogP contribution in [0.1, 0.15) is 42.5 Å². The van der Waals surface area contributed by atoms with Gasteiger partial charge in [-0.2, -0.15) is 0 Å². The Morgan fingerprint density at radius 1 is 1.12 bits per heavy atom. The van der Waals surface area contributed by atoms with Crippen molar-refractivity contribution in [2.24, 2.45) is 0 Å². The van der Waals surface area contributed by atoms with Gasteiger partial charge in [0, 0.05) is 39.0 Å². The summed E-state index contributed by atoms with van der Waals surface area (Å²) in [5, 5.41) is 8.93. The minimum Gasteiger partial charge on any atom is -0.332 e. The maximum absolute atomic E-state index is 12.9. The lowest BCUT2D eigenvalue weighted by Gasteiger charge is -2.25. The number of aryl methyl sites for hydroxylation is 1. The molecule has 0 bridgehead atoms. The molecule has 1 fully saturated rings. The van der Waals surface area contributed by atoms with Crippen LogP contribution in [0.15, 0.2) is 30.3 Å². The number of hydrogen-bond acceptors (Lipinski definition) is 4. The Morgan fingerprint density at radius 3 is 2.81 bits per heavy atom. The summed E-state index contributed by atoms with van der Waals surface area (Å²) in [4.78, 5) is 17.2. The smallest absolute Gasteiger partial charge is 0.223 e. The van der Waals surface area contributed by atoms with Gasteiger partial charge in [-0.25, -0.2) is 0 Å². The molecule has 0 radical (unpaired) electrons. The summed E-state index contributed by atoms with van der Waals surface area (Å²) >= 11 is 0. The molecule has 0 aliphatic carbocycles. The van der Waals surface area contributed by atoms with Crippen molar-refractivity contribution in [1.82, 2.24) is 24.6 Å². The van der Waals surface area contributed by atoms with Gasteiger partial charge in [-0.15, -0.1) is 10.2 Å². The zero-order valence-corrected chi connectivity index (χ0v) is 15.5. The predicted octanol–water partition coefficient (Wildman–Crippen LogP) is 2.06. The number of carbonyl (C=O) groups is 1. The van der Waals surface area contributed by atoms with E-state index in [9.17, 15) is 4.79 Å². The van der Waals surface area contributed by atoms with Crippen LogP contribution in [0.2, 0.25) is 0 Å². The molecule has 0 saturated carbocycles. The molecule has 6 heteroatoms. The average Bonchev–Trinajstić information content (AvgIpc) is 3.26. The molecule has 0 unspecified atom stereocenters. The summed E-state index contributed by atoms with van der Waals surface area (Å²) in [7, 11) is 2.15. The van der Waals surface area contributed by atoms with Gasteiger partial charge < -0.3 is 14.4 Å². The molecule has 26 heavy (non-hydrogen) atoms. The Kier molecular flexibility index (Phi) is 5.02. The third-order valence-electron chi connectivity index (χ3n) is 5.62. The third kappa shape index (κ3) is 3.51. The summed E-state index contributed by atoms with van der Waals surface area (Å²) in [5.41, 5.74) is 1.22. The number of carbonyl (C=O) groups excluding carboxylic acids is 1. The SMILES string of the molecule is CN1CCc2nnc([C@H]3CCCN3C(=O)CCc3ccccc3)n2CC1. The second-order valence-corrected chi connectivity index (χ2v) is 7.41. The molecule has 2 aliphatic heterocycles. The average molecular weight is 353 g/mol. The van der Waals surface area contributed by atoms with E-state index in [0.29, 0.717) is 6.42 Å². The quantitative estimate of drug-likeness (QED) is 0.844. The van der Waals surface area contributed by atoms with Gasteiger partial charge in [-0.05, 0) is 31.9 Å². The van der Waals surface area contributed by atoms with Crippen LogP contribution in [0.5, 0.6) is 0 Å². The minimum atomic E-state index is 0.0860. The molecule has 6 nitrogen and oxygen atoms in total. The number of nitrogens with zero attached hydrogens (tertiary/aromatic N) is 5. The first-order valence-electron chi connectivity index (χ1n) is 9.66. The molecule has 2 aliphatic rings. The summed E-state index contributed by atoms with van der Waals surface area (Å²) in [6.45, 7) is 3.77. The highest BCUT2D eigenvalue weighted by molar-refractivity contribution is 5.77. The molecule has 0 spiro atoms. The summed E-state index contributed by atoms with van der Waals surface area (Å²) in [5.74, 6) is 2.29. The minimum absolute atomic E-state index is 0.0860. The normalized spacial score (nSPS) is 20.8. The van der Waals surface area contributed by atoms with Crippen LogP contribution in [0.25, 0.3) is 0 Å². The van der Waals surface area contributed by atoms with E-state index in [2.05, 4.69) is 38.8 Å². The van der Waals surface area contributed by atoms with Gasteiger partial charge in [0.15, 0.2) is 5.82 Å². The van der Waals surface area contributed by atoms with Crippen molar-refractivity contribution in [2.75, 3.05) is 26.7 Å². The molecule has 3 heterocycles. The highest BCUT2D eigenvalue weighted by atomic mass is 16.2. The monoisotopic (exact) mass is 353 g/mol. The fraction of sp³-hybridized carbons (Fsp3) is 0.550. The van der Waals surface area contributed by atoms with Crippen LogP contribution < -0.4 is 0 Å². The standard InChI is InChI=1S/C20H27N5O/c1-23-13-11-18-21-22-20(25(18)15-14-23)17-8-5-12-24(17)19(26)10-9-16-6-3-2-4-7-16/h2-4,6-7,17H,5,8-15H2,1H3/t17-/m1/s1. The topological polar surface area (TPSA) is 54.3 Å². The number of likely N-dealkylation sites (tertiary alicyclic amines) is 1. The van der Waals surface area contributed by atoms with Crippen LogP contribution >= 0.6 is 0 Å². The highest BCUT2D eigenvalue weighted by Crippen LogP contribution is 2.32. The summed E-state index contributed by atoms with van der Waals surface area (Å²) < 4.78 is 2.26. The van der Waals surface area contributed by atoms with Gasteiger partial charge in [0.25, 0.3) is 0 Å². The number of amides is 1. The van der Waals surface area contributed by atoms with Crippen molar-refractivity contribution < 1.29 is 4.79 Å². The van der Waals surface area contributed by atoms with E-state index in [4.69, 9.17) is 0 Å². The molecule has 1 atom stereocenters. The van der Waals surface area contributed by atoms with Crippen LogP contribution in [0.3, 0.4) is 0 Å². The molecule has 1 aromatic carbocycles. The molecular weight excluding hydrogens is 326 g/mol. The van der Waals surface area contributed by atoms with Crippen molar-refractivity contribution in [3.63, 3.8) is 0 Å². The van der Waals surface area contributed by atoms with E-state index in [-0.39, 0.29) is 11.9 Å². The van der Waals surface area contributed by atoms with Gasteiger partial charge in [0.1, 0.15) is 5.82 Å². The molecule has 1 aromatic heterocycles. The zero-order chi connectivity index (χ0) is 17.9. The second-order valence-electron chi connectivity index (χ2n) is 7.41. The molecule has 0 N–H and O–H groups in total. The van der Waals surface area contributed by atoms with E-state index in [0.717, 1.165) is 63.5 Å². The lowest BCUT2D eigenvalue weighted by Crippen LogP contribution is -2.32. The fourth-order valence-corrected chi connectivity index (χ4v) is 4.07. The molecule has 1 amide bonds. The first kappa shape index (κ1) is 17.2. The number of hydrogen-bond donors (Lipinski definition) is 0. The summed E-state index contributed by atoms with van der Waals surface area (Å²) in [6, 6.07) is 10.3. The van der Waals surface area contributed by atoms with Crippen LogP contribution in [0.4, 0.5) is 0 Å². The van der Waals surface area contributed by atoms with Gasteiger partial charge in [-0.1, -0.05) is 30.3 Å². The Balaban J connectivity index is 1.47. The van der Waals surface area contributed by atoms with Crippen molar-refractivity contribution in [1.29, 1.82) is 0 Å². The van der Waals surface area contributed by atoms with Crippen LogP contribution in [-0.4, -0.2) is 57.2 Å². The first-order valence-corrected chi connectivity index (χ1v) is 9.66. The molecule has 4 rings (SSSR count). The first-order chi connectivity index (χ1) is 12.7. The van der Waals surface area contributed by atoms with Crippen molar-refractivity contribution in [3.05, 3.63) is 47.5 Å². The number of aromatic nitrogens is 3. The van der Waals surface area contributed by atoms with E-state index >= 15 is 0 Å². The van der Waals surface area contributed by atoms with Gasteiger partial charge in [0.2, 0.25) is 5.91 Å². The Morgan fingerprint density at radius 2 is 1.96 bits per heavy atom. The zero-order valence-electron chi connectivity index (χ0n) is 15.5. The van der Waals surface area contributed by atoms with Crippen LogP contribution in [0, 0.1) is 0 Å². The maximum atomic E-state index is 12.9. The second kappa shape index (κ2) is 7.58. The van der Waals surface area contributed by atoms with Gasteiger partial charge in [0.05, 0.1) is 6.04 Å². The number of benzene rings is 1. The lowest BCUT2D eigenvalue weighted by atomic mass is 10.1. The van der Waals surface area contributed by atoms with Crippen LogP contribution in [-0.2, 0) is 24.2 Å². The van der Waals surface area contributed by atoms with Gasteiger partial charge in [-0.3, -0.25) is 4.79 Å². The maximum Gasteiger partial charge on any atom is 0.223 e. The number of likely N-dealkylation sites (N-methyl/N-ethyl adjacent to an activating group) is 1. The van der Waals surface area contributed by atoms with Crippen molar-refractivity contribution >= 4 is 5.91 Å². The Labute approximate surface area is 154 Å². The van der Waals surface area contributed by atoms with E-state index < -0.39 is 0 Å². The predicted molar refractivity (Wildman–Crippen MR) is 99.7 cm³/mol. The number of fused-ring (bicyclic) bond motifs is 1. The van der Waals surface area contributed by atoms with E-state index in [1.54, 1.807) is 0 Å².